The van der Waals surface area contributed by atoms with Crippen molar-refractivity contribution in [1.82, 2.24) is 0 Å². The van der Waals surface area contributed by atoms with Crippen molar-refractivity contribution in [3.05, 3.63) is 0 Å². The zero-order valence-electron chi connectivity index (χ0n) is 5.50. The first-order valence-electron chi connectivity index (χ1n) is 2.76. The molecule has 9 heavy (non-hydrogen) atoms. The molecule has 0 fully saturated rings. The lowest BCUT2D eigenvalue weighted by Gasteiger charge is -1.84. The summed E-state index contributed by atoms with van der Waals surface area (Å²) < 4.78 is 0. The first-order valence-corrected chi connectivity index (χ1v) is 4.15. The molecule has 50 valence electrons. The summed E-state index contributed by atoms with van der Waals surface area (Å²) in [4.78, 5) is 3.83. The van der Waals surface area contributed by atoms with Crippen LogP contribution in [0.4, 0.5) is 0 Å². The third-order valence-electron chi connectivity index (χ3n) is 0.742. The van der Waals surface area contributed by atoms with Crippen molar-refractivity contribution in [2.45, 2.75) is 6.42 Å². The molecule has 0 heterocycles. The van der Waals surface area contributed by atoms with Crippen molar-refractivity contribution in [1.29, 1.82) is 5.26 Å². The van der Waals surface area contributed by atoms with Crippen LogP contribution in [0.2, 0.25) is 0 Å². The van der Waals surface area contributed by atoms with Crippen molar-refractivity contribution >= 4 is 18.0 Å². The predicted molar refractivity (Wildman–Crippen MR) is 42.0 cm³/mol. The zero-order chi connectivity index (χ0) is 6.95. The molecule has 0 aromatic carbocycles. The van der Waals surface area contributed by atoms with Gasteiger partial charge < -0.3 is 0 Å². The summed E-state index contributed by atoms with van der Waals surface area (Å²) >= 11 is 1.79. The van der Waals surface area contributed by atoms with E-state index in [1.165, 1.54) is 0 Å². The molecular formula is C6H10N2S. The van der Waals surface area contributed by atoms with Gasteiger partial charge in [-0.2, -0.15) is 17.0 Å². The molecule has 0 N–H and O–H groups in total. The van der Waals surface area contributed by atoms with Gasteiger partial charge in [0.15, 0.2) is 0 Å². The second-order valence-electron chi connectivity index (χ2n) is 1.46. The van der Waals surface area contributed by atoms with Crippen LogP contribution in [0.25, 0.3) is 0 Å². The fourth-order valence-corrected chi connectivity index (χ4v) is 0.708. The third kappa shape index (κ3) is 7.51. The van der Waals surface area contributed by atoms with Crippen molar-refractivity contribution < 1.29 is 0 Å². The molecule has 0 bridgehead atoms. The molecule has 0 aliphatic heterocycles. The second-order valence-corrected chi connectivity index (χ2v) is 2.45. The summed E-state index contributed by atoms with van der Waals surface area (Å²) in [7, 11) is 0. The second kappa shape index (κ2) is 7.51. The average Bonchev–Trinajstić information content (AvgIpc) is 1.89. The van der Waals surface area contributed by atoms with Crippen LogP contribution < -0.4 is 0 Å². The molecule has 0 unspecified atom stereocenters. The molecular weight excluding hydrogens is 132 g/mol. The molecule has 0 atom stereocenters. The lowest BCUT2D eigenvalue weighted by molar-refractivity contribution is 1.22. The van der Waals surface area contributed by atoms with Crippen LogP contribution in [-0.4, -0.2) is 24.8 Å². The quantitative estimate of drug-likeness (QED) is 0.337. The minimum Gasteiger partial charge on any atom is -0.282 e. The number of aliphatic imine (C=N–C) groups is 1. The number of thioether (sulfide) groups is 1. The number of nitrogens with zero attached hydrogens (tertiary/aromatic N) is 2. The highest BCUT2D eigenvalue weighted by molar-refractivity contribution is 7.98. The molecule has 0 saturated carbocycles. The van der Waals surface area contributed by atoms with E-state index in [9.17, 15) is 0 Å². The standard InChI is InChI=1S/C6H10N2S/c1-9-6-2-4-8-5-3-7/h4H,2,5-6H2,1H3. The maximum atomic E-state index is 8.05. The normalized spacial score (nSPS) is 9.78. The first-order chi connectivity index (χ1) is 4.41. The number of hydrogen-bond acceptors (Lipinski definition) is 3. The molecule has 2 nitrogen and oxygen atoms in total. The smallest absolute Gasteiger partial charge is 0.125 e. The molecule has 0 radical (unpaired) electrons. The minimum atomic E-state index is 0.300. The topological polar surface area (TPSA) is 36.1 Å². The Hall–Kier alpha value is -0.490. The fraction of sp³-hybridized carbons (Fsp3) is 0.667. The van der Waals surface area contributed by atoms with E-state index in [4.69, 9.17) is 5.26 Å². The molecule has 0 spiro atoms. The Labute approximate surface area is 60.0 Å². The monoisotopic (exact) mass is 142 g/mol. The van der Waals surface area contributed by atoms with Crippen molar-refractivity contribution in [3.8, 4) is 6.07 Å². The lowest BCUT2D eigenvalue weighted by atomic mass is 10.5. The molecule has 0 aliphatic rings. The highest BCUT2D eigenvalue weighted by Gasteiger charge is 1.76. The Morgan fingerprint density at radius 3 is 3.11 bits per heavy atom. The first kappa shape index (κ1) is 8.51. The Balaban J connectivity index is 2.97. The van der Waals surface area contributed by atoms with E-state index >= 15 is 0 Å². The Morgan fingerprint density at radius 1 is 1.78 bits per heavy atom. The van der Waals surface area contributed by atoms with Gasteiger partial charge in [0.05, 0.1) is 6.07 Å². The average molecular weight is 142 g/mol. The van der Waals surface area contributed by atoms with Gasteiger partial charge in [0.2, 0.25) is 0 Å². The Morgan fingerprint density at radius 2 is 2.56 bits per heavy atom. The van der Waals surface area contributed by atoms with Crippen LogP contribution in [-0.2, 0) is 0 Å². The van der Waals surface area contributed by atoms with Crippen LogP contribution in [0.15, 0.2) is 4.99 Å². The minimum absolute atomic E-state index is 0.300. The van der Waals surface area contributed by atoms with Gasteiger partial charge in [0.1, 0.15) is 6.54 Å². The maximum absolute atomic E-state index is 8.05. The number of nitriles is 1. The van der Waals surface area contributed by atoms with Crippen LogP contribution >= 0.6 is 11.8 Å². The molecule has 0 saturated heterocycles. The number of hydrogen-bond donors (Lipinski definition) is 0. The van der Waals surface area contributed by atoms with Gasteiger partial charge >= 0.3 is 0 Å². The van der Waals surface area contributed by atoms with Gasteiger partial charge in [0, 0.05) is 6.21 Å². The van der Waals surface area contributed by atoms with Crippen LogP contribution in [0.5, 0.6) is 0 Å². The zero-order valence-corrected chi connectivity index (χ0v) is 6.32. The summed E-state index contributed by atoms with van der Waals surface area (Å²) in [5.41, 5.74) is 0. The van der Waals surface area contributed by atoms with Gasteiger partial charge in [-0.25, -0.2) is 0 Å². The fourth-order valence-electron chi connectivity index (χ4n) is 0.367. The van der Waals surface area contributed by atoms with Crippen molar-refractivity contribution in [3.63, 3.8) is 0 Å². The summed E-state index contributed by atoms with van der Waals surface area (Å²) in [5.74, 6) is 1.09. The SMILES string of the molecule is CSCCC=NCC#N. The molecule has 0 aromatic heterocycles. The number of rotatable bonds is 4. The lowest BCUT2D eigenvalue weighted by Crippen LogP contribution is -1.80. The van der Waals surface area contributed by atoms with E-state index in [0.717, 1.165) is 12.2 Å². The van der Waals surface area contributed by atoms with Crippen molar-refractivity contribution in [2.75, 3.05) is 18.6 Å². The molecule has 0 amide bonds. The van der Waals surface area contributed by atoms with Gasteiger partial charge in [-0.3, -0.25) is 4.99 Å². The molecule has 0 aromatic rings. The highest BCUT2D eigenvalue weighted by atomic mass is 32.2. The van der Waals surface area contributed by atoms with Crippen LogP contribution in [0.3, 0.4) is 0 Å². The van der Waals surface area contributed by atoms with E-state index in [-0.39, 0.29) is 0 Å². The Bertz CT molecular complexity index is 115. The van der Waals surface area contributed by atoms with E-state index in [2.05, 4.69) is 11.2 Å². The third-order valence-corrected chi connectivity index (χ3v) is 1.39. The Kier molecular flexibility index (Phi) is 7.10. The van der Waals surface area contributed by atoms with E-state index < -0.39 is 0 Å². The molecule has 0 aliphatic carbocycles. The van der Waals surface area contributed by atoms with Gasteiger partial charge in [-0.15, -0.1) is 0 Å². The van der Waals surface area contributed by atoms with E-state index in [1.54, 1.807) is 18.0 Å². The predicted octanol–water partition coefficient (Wildman–Crippen LogP) is 1.33. The summed E-state index contributed by atoms with van der Waals surface area (Å²) in [6.45, 7) is 0.300. The van der Waals surface area contributed by atoms with E-state index in [1.807, 2.05) is 6.07 Å². The van der Waals surface area contributed by atoms with Gasteiger partial charge in [-0.1, -0.05) is 0 Å². The summed E-state index contributed by atoms with van der Waals surface area (Å²) in [5, 5.41) is 8.05. The van der Waals surface area contributed by atoms with Crippen molar-refractivity contribution in [2.24, 2.45) is 4.99 Å². The van der Waals surface area contributed by atoms with Gasteiger partial charge in [-0.05, 0) is 18.4 Å². The largest absolute Gasteiger partial charge is 0.282 e. The van der Waals surface area contributed by atoms with E-state index in [0.29, 0.717) is 6.54 Å². The van der Waals surface area contributed by atoms with Gasteiger partial charge in [0.25, 0.3) is 0 Å². The molecule has 0 rings (SSSR count). The maximum Gasteiger partial charge on any atom is 0.125 e. The highest BCUT2D eigenvalue weighted by Crippen LogP contribution is 1.91. The molecule has 3 heteroatoms. The van der Waals surface area contributed by atoms with Crippen LogP contribution in [0.1, 0.15) is 6.42 Å². The van der Waals surface area contributed by atoms with Crippen LogP contribution in [0, 0.1) is 11.3 Å². The summed E-state index contributed by atoms with van der Waals surface area (Å²) in [6.07, 6.45) is 4.83. The summed E-state index contributed by atoms with van der Waals surface area (Å²) in [6, 6.07) is 1.94.